The fourth-order valence-corrected chi connectivity index (χ4v) is 2.10. The molecule has 2 rings (SSSR count). The zero-order valence-corrected chi connectivity index (χ0v) is 13.2. The summed E-state index contributed by atoms with van der Waals surface area (Å²) in [7, 11) is 1.57. The van der Waals surface area contributed by atoms with Crippen LogP contribution in [0.3, 0.4) is 0 Å². The Morgan fingerprint density at radius 1 is 1.21 bits per heavy atom. The quantitative estimate of drug-likeness (QED) is 0.593. The second-order valence-corrected chi connectivity index (χ2v) is 4.98. The molecule has 0 radical (unpaired) electrons. The maximum atomic E-state index is 11.9. The average molecular weight is 330 g/mol. The molecule has 1 atom stereocenters. The second kappa shape index (κ2) is 8.64. The van der Waals surface area contributed by atoms with Crippen LogP contribution in [0.1, 0.15) is 11.7 Å². The largest absolute Gasteiger partial charge is 0.484 e. The molecule has 0 bridgehead atoms. The molecular formula is C17H18N2O5. The lowest BCUT2D eigenvalue weighted by molar-refractivity contribution is -0.384. The average Bonchev–Trinajstić information content (AvgIpc) is 2.61. The molecule has 0 aliphatic carbocycles. The summed E-state index contributed by atoms with van der Waals surface area (Å²) in [5.74, 6) is -0.0646. The number of benzene rings is 2. The van der Waals surface area contributed by atoms with Crippen LogP contribution < -0.4 is 10.1 Å². The Labute approximate surface area is 139 Å². The summed E-state index contributed by atoms with van der Waals surface area (Å²) in [5, 5.41) is 13.4. The number of nitrogens with zero attached hydrogens (tertiary/aromatic N) is 1. The molecule has 0 saturated heterocycles. The van der Waals surface area contributed by atoms with E-state index < -0.39 is 4.92 Å². The highest BCUT2D eigenvalue weighted by atomic mass is 16.6. The van der Waals surface area contributed by atoms with E-state index in [9.17, 15) is 14.9 Å². The number of carbonyl (C=O) groups is 1. The highest BCUT2D eigenvalue weighted by molar-refractivity contribution is 5.77. The fourth-order valence-electron chi connectivity index (χ4n) is 2.10. The smallest absolute Gasteiger partial charge is 0.273 e. The number of amides is 1. The zero-order valence-electron chi connectivity index (χ0n) is 13.2. The molecular weight excluding hydrogens is 312 g/mol. The van der Waals surface area contributed by atoms with E-state index in [2.05, 4.69) is 5.32 Å². The predicted octanol–water partition coefficient (Wildman–Crippen LogP) is 2.48. The number of hydrogen-bond acceptors (Lipinski definition) is 5. The van der Waals surface area contributed by atoms with Crippen LogP contribution in [0.2, 0.25) is 0 Å². The van der Waals surface area contributed by atoms with Gasteiger partial charge in [-0.3, -0.25) is 14.9 Å². The van der Waals surface area contributed by atoms with Crippen LogP contribution in [-0.4, -0.2) is 31.1 Å². The number of nitro groups is 1. The van der Waals surface area contributed by atoms with Crippen molar-refractivity contribution in [3.63, 3.8) is 0 Å². The Kier molecular flexibility index (Phi) is 6.27. The van der Waals surface area contributed by atoms with Crippen LogP contribution in [0.4, 0.5) is 5.69 Å². The standard InChI is InChI=1S/C17H18N2O5/c1-23-16(13-6-3-2-4-7-13)11-18-17(20)12-24-15-9-5-8-14(10-15)19(21)22/h2-10,16H,11-12H2,1H3,(H,18,20). The van der Waals surface area contributed by atoms with Crippen molar-refractivity contribution in [3.8, 4) is 5.75 Å². The molecule has 2 aromatic carbocycles. The van der Waals surface area contributed by atoms with Crippen molar-refractivity contribution in [2.75, 3.05) is 20.3 Å². The van der Waals surface area contributed by atoms with Gasteiger partial charge in [-0.15, -0.1) is 0 Å². The van der Waals surface area contributed by atoms with E-state index in [1.54, 1.807) is 13.2 Å². The van der Waals surface area contributed by atoms with Gasteiger partial charge in [0.25, 0.3) is 11.6 Å². The van der Waals surface area contributed by atoms with Crippen molar-refractivity contribution in [2.24, 2.45) is 0 Å². The van der Waals surface area contributed by atoms with Gasteiger partial charge in [0.1, 0.15) is 5.75 Å². The van der Waals surface area contributed by atoms with Crippen molar-refractivity contribution in [1.82, 2.24) is 5.32 Å². The summed E-state index contributed by atoms with van der Waals surface area (Å²) in [6.45, 7) is 0.0734. The Morgan fingerprint density at radius 2 is 1.96 bits per heavy atom. The number of carbonyl (C=O) groups excluding carboxylic acids is 1. The van der Waals surface area contributed by atoms with E-state index in [0.29, 0.717) is 6.54 Å². The topological polar surface area (TPSA) is 90.7 Å². The third-order valence-electron chi connectivity index (χ3n) is 3.34. The van der Waals surface area contributed by atoms with Crippen LogP contribution in [0, 0.1) is 10.1 Å². The highest BCUT2D eigenvalue weighted by Crippen LogP contribution is 2.19. The molecule has 2 aromatic rings. The van der Waals surface area contributed by atoms with Gasteiger partial charge in [0.05, 0.1) is 17.1 Å². The molecule has 126 valence electrons. The Hall–Kier alpha value is -2.93. The molecule has 0 saturated carbocycles. The molecule has 7 nitrogen and oxygen atoms in total. The molecule has 1 N–H and O–H groups in total. The SMILES string of the molecule is COC(CNC(=O)COc1cccc([N+](=O)[O-])c1)c1ccccc1. The van der Waals surface area contributed by atoms with Gasteiger partial charge in [-0.25, -0.2) is 0 Å². The Balaban J connectivity index is 1.83. The normalized spacial score (nSPS) is 11.5. The minimum Gasteiger partial charge on any atom is -0.484 e. The number of nitrogens with one attached hydrogen (secondary N) is 1. The zero-order chi connectivity index (χ0) is 17.4. The van der Waals surface area contributed by atoms with Crippen LogP contribution in [0.15, 0.2) is 54.6 Å². The van der Waals surface area contributed by atoms with E-state index in [0.717, 1.165) is 5.56 Å². The van der Waals surface area contributed by atoms with Crippen LogP contribution >= 0.6 is 0 Å². The van der Waals surface area contributed by atoms with Crippen molar-refractivity contribution >= 4 is 11.6 Å². The van der Waals surface area contributed by atoms with Gasteiger partial charge in [0.2, 0.25) is 0 Å². The molecule has 1 unspecified atom stereocenters. The molecule has 0 spiro atoms. The highest BCUT2D eigenvalue weighted by Gasteiger charge is 2.12. The molecule has 0 aromatic heterocycles. The first-order valence-electron chi connectivity index (χ1n) is 7.32. The second-order valence-electron chi connectivity index (χ2n) is 4.98. The molecule has 24 heavy (non-hydrogen) atoms. The summed E-state index contributed by atoms with van der Waals surface area (Å²) in [4.78, 5) is 22.0. The number of hydrogen-bond donors (Lipinski definition) is 1. The lowest BCUT2D eigenvalue weighted by Gasteiger charge is -2.16. The number of non-ortho nitro benzene ring substituents is 1. The summed E-state index contributed by atoms with van der Waals surface area (Å²) < 4.78 is 10.6. The number of methoxy groups -OCH3 is 1. The fraction of sp³-hybridized carbons (Fsp3) is 0.235. The van der Waals surface area contributed by atoms with Gasteiger partial charge in [-0.1, -0.05) is 36.4 Å². The predicted molar refractivity (Wildman–Crippen MR) is 87.8 cm³/mol. The maximum Gasteiger partial charge on any atom is 0.273 e. The number of nitro benzene ring substituents is 1. The summed E-state index contributed by atoms with van der Waals surface area (Å²) in [6, 6.07) is 15.2. The third-order valence-corrected chi connectivity index (χ3v) is 3.34. The number of ether oxygens (including phenoxy) is 2. The minimum absolute atomic E-state index is 0.0866. The van der Waals surface area contributed by atoms with Crippen LogP contribution in [-0.2, 0) is 9.53 Å². The van der Waals surface area contributed by atoms with Gasteiger partial charge in [0, 0.05) is 19.7 Å². The van der Waals surface area contributed by atoms with E-state index in [-0.39, 0.29) is 30.1 Å². The summed E-state index contributed by atoms with van der Waals surface area (Å²) >= 11 is 0. The molecule has 0 aliphatic heterocycles. The van der Waals surface area contributed by atoms with Gasteiger partial charge >= 0.3 is 0 Å². The molecule has 0 fully saturated rings. The van der Waals surface area contributed by atoms with Gasteiger partial charge in [-0.05, 0) is 11.6 Å². The Bertz CT molecular complexity index is 690. The molecule has 1 amide bonds. The van der Waals surface area contributed by atoms with Crippen LogP contribution in [0.5, 0.6) is 5.75 Å². The molecule has 0 heterocycles. The first kappa shape index (κ1) is 17.4. The first-order valence-corrected chi connectivity index (χ1v) is 7.32. The van der Waals surface area contributed by atoms with Gasteiger partial charge in [0.15, 0.2) is 6.61 Å². The first-order chi connectivity index (χ1) is 11.6. The lowest BCUT2D eigenvalue weighted by Crippen LogP contribution is -2.33. The number of rotatable bonds is 8. The van der Waals surface area contributed by atoms with Crippen molar-refractivity contribution in [1.29, 1.82) is 0 Å². The van der Waals surface area contributed by atoms with E-state index in [1.165, 1.54) is 18.2 Å². The van der Waals surface area contributed by atoms with Crippen LogP contribution in [0.25, 0.3) is 0 Å². The van der Waals surface area contributed by atoms with E-state index in [1.807, 2.05) is 30.3 Å². The van der Waals surface area contributed by atoms with Gasteiger partial charge < -0.3 is 14.8 Å². The maximum absolute atomic E-state index is 11.9. The monoisotopic (exact) mass is 330 g/mol. The molecule has 7 heteroatoms. The van der Waals surface area contributed by atoms with Crippen molar-refractivity contribution < 1.29 is 19.2 Å². The van der Waals surface area contributed by atoms with Crippen molar-refractivity contribution in [2.45, 2.75) is 6.10 Å². The minimum atomic E-state index is -0.518. The molecule has 0 aliphatic rings. The summed E-state index contributed by atoms with van der Waals surface area (Å²) in [6.07, 6.45) is -0.257. The van der Waals surface area contributed by atoms with E-state index >= 15 is 0 Å². The lowest BCUT2D eigenvalue weighted by atomic mass is 10.1. The summed E-state index contributed by atoms with van der Waals surface area (Å²) in [5.41, 5.74) is 0.872. The van der Waals surface area contributed by atoms with E-state index in [4.69, 9.17) is 9.47 Å². The van der Waals surface area contributed by atoms with Crippen molar-refractivity contribution in [3.05, 3.63) is 70.3 Å². The third kappa shape index (κ3) is 5.06. The van der Waals surface area contributed by atoms with Gasteiger partial charge in [-0.2, -0.15) is 0 Å². The Morgan fingerprint density at radius 3 is 2.62 bits per heavy atom.